The van der Waals surface area contributed by atoms with Gasteiger partial charge < -0.3 is 15.2 Å². The number of imidazole rings is 1. The Morgan fingerprint density at radius 3 is 3.10 bits per heavy atom. The molecule has 0 aliphatic carbocycles. The van der Waals surface area contributed by atoms with Crippen LogP contribution in [0.25, 0.3) is 0 Å². The number of hydrogen-bond donors (Lipinski definition) is 2. The highest BCUT2D eigenvalue weighted by Crippen LogP contribution is 2.11. The summed E-state index contributed by atoms with van der Waals surface area (Å²) in [6.07, 6.45) is 6.12. The minimum Gasteiger partial charge on any atom is -0.354 e. The molecule has 2 rings (SSSR count). The molecule has 1 saturated heterocycles. The predicted molar refractivity (Wildman–Crippen MR) is 75.1 cm³/mol. The molecule has 20 heavy (non-hydrogen) atoms. The van der Waals surface area contributed by atoms with E-state index >= 15 is 0 Å². The van der Waals surface area contributed by atoms with Crippen molar-refractivity contribution in [2.45, 2.75) is 51.6 Å². The summed E-state index contributed by atoms with van der Waals surface area (Å²) < 4.78 is 1.83. The van der Waals surface area contributed by atoms with E-state index in [4.69, 9.17) is 0 Å². The largest absolute Gasteiger partial charge is 0.354 e. The monoisotopic (exact) mass is 278 g/mol. The van der Waals surface area contributed by atoms with Gasteiger partial charge in [-0.25, -0.2) is 4.98 Å². The molecule has 1 unspecified atom stereocenters. The van der Waals surface area contributed by atoms with E-state index in [1.807, 2.05) is 18.4 Å². The first kappa shape index (κ1) is 14.6. The Labute approximate surface area is 119 Å². The van der Waals surface area contributed by atoms with Crippen molar-refractivity contribution in [3.8, 4) is 0 Å². The number of rotatable bonds is 4. The van der Waals surface area contributed by atoms with Gasteiger partial charge in [-0.2, -0.15) is 0 Å². The fourth-order valence-corrected chi connectivity index (χ4v) is 2.43. The van der Waals surface area contributed by atoms with Gasteiger partial charge in [-0.3, -0.25) is 9.59 Å². The van der Waals surface area contributed by atoms with E-state index in [1.165, 1.54) is 0 Å². The van der Waals surface area contributed by atoms with Crippen molar-refractivity contribution < 1.29 is 9.59 Å². The summed E-state index contributed by atoms with van der Waals surface area (Å²) >= 11 is 0. The molecule has 0 aromatic carbocycles. The van der Waals surface area contributed by atoms with Crippen LogP contribution in [-0.4, -0.2) is 34.0 Å². The van der Waals surface area contributed by atoms with Crippen molar-refractivity contribution in [2.24, 2.45) is 0 Å². The van der Waals surface area contributed by atoms with E-state index in [1.54, 1.807) is 12.4 Å². The molecule has 0 saturated carbocycles. The predicted octanol–water partition coefficient (Wildman–Crippen LogP) is 0.791. The van der Waals surface area contributed by atoms with Crippen molar-refractivity contribution in [1.29, 1.82) is 0 Å². The van der Waals surface area contributed by atoms with Crippen LogP contribution in [0.3, 0.4) is 0 Å². The van der Waals surface area contributed by atoms with Crippen LogP contribution < -0.4 is 10.6 Å². The molecule has 0 bridgehead atoms. The van der Waals surface area contributed by atoms with Gasteiger partial charge in [-0.15, -0.1) is 0 Å². The molecule has 2 heterocycles. The lowest BCUT2D eigenvalue weighted by atomic mass is 10.1. The smallest absolute Gasteiger partial charge is 0.242 e. The van der Waals surface area contributed by atoms with Crippen LogP contribution in [-0.2, 0) is 16.1 Å². The lowest BCUT2D eigenvalue weighted by molar-refractivity contribution is -0.129. The highest BCUT2D eigenvalue weighted by atomic mass is 16.2. The Kier molecular flexibility index (Phi) is 4.76. The van der Waals surface area contributed by atoms with E-state index in [0.717, 1.165) is 18.7 Å². The van der Waals surface area contributed by atoms with Crippen LogP contribution >= 0.6 is 0 Å². The summed E-state index contributed by atoms with van der Waals surface area (Å²) in [5, 5.41) is 5.63. The van der Waals surface area contributed by atoms with Gasteiger partial charge in [0.05, 0.1) is 0 Å². The lowest BCUT2D eigenvalue weighted by Crippen LogP contribution is -2.46. The van der Waals surface area contributed by atoms with Crippen LogP contribution in [0.4, 0.5) is 0 Å². The van der Waals surface area contributed by atoms with Crippen LogP contribution in [0.5, 0.6) is 0 Å². The Morgan fingerprint density at radius 2 is 2.35 bits per heavy atom. The van der Waals surface area contributed by atoms with Crippen molar-refractivity contribution in [3.05, 3.63) is 18.2 Å². The first-order chi connectivity index (χ1) is 9.58. The van der Waals surface area contributed by atoms with Crippen LogP contribution in [0, 0.1) is 0 Å². The second-order valence-electron chi connectivity index (χ2n) is 5.47. The molecule has 6 heteroatoms. The van der Waals surface area contributed by atoms with Gasteiger partial charge in [-0.05, 0) is 19.3 Å². The van der Waals surface area contributed by atoms with Gasteiger partial charge in [-0.1, -0.05) is 13.8 Å². The van der Waals surface area contributed by atoms with E-state index in [9.17, 15) is 9.59 Å². The zero-order valence-electron chi connectivity index (χ0n) is 12.1. The number of aromatic nitrogens is 2. The van der Waals surface area contributed by atoms with Crippen molar-refractivity contribution in [1.82, 2.24) is 20.2 Å². The Balaban J connectivity index is 1.94. The van der Waals surface area contributed by atoms with Crippen LogP contribution in [0.1, 0.15) is 44.9 Å². The number of carbonyl (C=O) groups is 2. The number of nitrogens with one attached hydrogen (secondary N) is 2. The molecule has 2 amide bonds. The summed E-state index contributed by atoms with van der Waals surface area (Å²) in [4.78, 5) is 28.1. The molecule has 1 aromatic rings. The van der Waals surface area contributed by atoms with Gasteiger partial charge in [0.2, 0.25) is 11.8 Å². The normalized spacial score (nSPS) is 19.6. The molecule has 6 nitrogen and oxygen atoms in total. The summed E-state index contributed by atoms with van der Waals surface area (Å²) in [7, 11) is 0. The highest BCUT2D eigenvalue weighted by molar-refractivity contribution is 5.87. The molecule has 1 aromatic heterocycles. The maximum Gasteiger partial charge on any atom is 0.242 e. The van der Waals surface area contributed by atoms with Crippen LogP contribution in [0.15, 0.2) is 12.4 Å². The van der Waals surface area contributed by atoms with Crippen LogP contribution in [0.2, 0.25) is 0 Å². The number of carbonyl (C=O) groups excluding carboxylic acids is 2. The van der Waals surface area contributed by atoms with Gasteiger partial charge in [0.15, 0.2) is 0 Å². The molecule has 0 spiro atoms. The van der Waals surface area contributed by atoms with Gasteiger partial charge >= 0.3 is 0 Å². The van der Waals surface area contributed by atoms with Crippen molar-refractivity contribution in [3.63, 3.8) is 0 Å². The summed E-state index contributed by atoms with van der Waals surface area (Å²) in [6.45, 7) is 4.98. The lowest BCUT2D eigenvalue weighted by Gasteiger charge is -2.16. The van der Waals surface area contributed by atoms with Gasteiger partial charge in [0.1, 0.15) is 18.4 Å². The van der Waals surface area contributed by atoms with E-state index in [0.29, 0.717) is 13.0 Å². The minimum absolute atomic E-state index is 0.0782. The van der Waals surface area contributed by atoms with E-state index < -0.39 is 6.04 Å². The average molecular weight is 278 g/mol. The quantitative estimate of drug-likeness (QED) is 0.855. The molecule has 1 aliphatic rings. The number of nitrogens with zero attached hydrogens (tertiary/aromatic N) is 2. The maximum absolute atomic E-state index is 12.1. The van der Waals surface area contributed by atoms with Crippen molar-refractivity contribution in [2.75, 3.05) is 6.54 Å². The molecule has 1 fully saturated rings. The molecule has 1 atom stereocenters. The van der Waals surface area contributed by atoms with Crippen molar-refractivity contribution >= 4 is 11.8 Å². The van der Waals surface area contributed by atoms with Gasteiger partial charge in [0, 0.05) is 24.9 Å². The second-order valence-corrected chi connectivity index (χ2v) is 5.47. The topological polar surface area (TPSA) is 76.0 Å². The molecule has 110 valence electrons. The SMILES string of the molecule is CC(C)c1nccn1CC(=O)NC1CCCCNC1=O. The fourth-order valence-electron chi connectivity index (χ4n) is 2.43. The fraction of sp³-hybridized carbons (Fsp3) is 0.643. The molecule has 2 N–H and O–H groups in total. The Hall–Kier alpha value is -1.85. The third-order valence-electron chi connectivity index (χ3n) is 3.45. The Morgan fingerprint density at radius 1 is 1.55 bits per heavy atom. The molecular weight excluding hydrogens is 256 g/mol. The first-order valence-electron chi connectivity index (χ1n) is 7.16. The highest BCUT2D eigenvalue weighted by Gasteiger charge is 2.22. The third kappa shape index (κ3) is 3.59. The standard InChI is InChI=1S/C14H22N4O2/c1-10(2)13-15-7-8-18(13)9-12(19)17-11-5-3-4-6-16-14(11)20/h7-8,10-11H,3-6,9H2,1-2H3,(H,16,20)(H,17,19). The Bertz CT molecular complexity index is 481. The zero-order chi connectivity index (χ0) is 14.5. The first-order valence-corrected chi connectivity index (χ1v) is 7.16. The van der Waals surface area contributed by atoms with E-state index in [-0.39, 0.29) is 24.3 Å². The number of hydrogen-bond acceptors (Lipinski definition) is 3. The molecule has 0 radical (unpaired) electrons. The summed E-state index contributed by atoms with van der Waals surface area (Å²) in [6, 6.07) is -0.406. The zero-order valence-corrected chi connectivity index (χ0v) is 12.1. The maximum atomic E-state index is 12.1. The number of amides is 2. The van der Waals surface area contributed by atoms with E-state index in [2.05, 4.69) is 15.6 Å². The van der Waals surface area contributed by atoms with Gasteiger partial charge in [0.25, 0.3) is 0 Å². The third-order valence-corrected chi connectivity index (χ3v) is 3.45. The average Bonchev–Trinajstić information content (AvgIpc) is 2.75. The minimum atomic E-state index is -0.406. The summed E-state index contributed by atoms with van der Waals surface area (Å²) in [5.74, 6) is 0.918. The molecular formula is C14H22N4O2. The second kappa shape index (κ2) is 6.54. The molecule has 1 aliphatic heterocycles. The summed E-state index contributed by atoms with van der Waals surface area (Å²) in [5.41, 5.74) is 0.